The molecule has 0 saturated carbocycles. The maximum absolute atomic E-state index is 6.10. The van der Waals surface area contributed by atoms with Crippen LogP contribution >= 0.6 is 23.2 Å². The molecule has 0 atom stereocenters. The molecule has 3 nitrogen and oxygen atoms in total. The second kappa shape index (κ2) is 6.73. The fourth-order valence-corrected chi connectivity index (χ4v) is 2.29. The maximum Gasteiger partial charge on any atom is 0.137 e. The number of rotatable bonds is 5. The molecule has 1 N–H and O–H groups in total. The highest BCUT2D eigenvalue weighted by molar-refractivity contribution is 6.30. The van der Waals surface area contributed by atoms with Crippen molar-refractivity contribution in [3.63, 3.8) is 0 Å². The lowest BCUT2D eigenvalue weighted by Crippen LogP contribution is -2.06. The predicted molar refractivity (Wildman–Crippen MR) is 79.8 cm³/mol. The average Bonchev–Trinajstić information content (AvgIpc) is 2.40. The molecule has 2 aromatic rings. The van der Waals surface area contributed by atoms with Crippen LogP contribution in [0.25, 0.3) is 0 Å². The van der Waals surface area contributed by atoms with E-state index in [0.29, 0.717) is 11.7 Å². The zero-order chi connectivity index (χ0) is 13.7. The van der Waals surface area contributed by atoms with Crippen molar-refractivity contribution in [2.24, 2.45) is 0 Å². The lowest BCUT2D eigenvalue weighted by Gasteiger charge is -2.11. The summed E-state index contributed by atoms with van der Waals surface area (Å²) in [6, 6.07) is 7.73. The molecule has 1 heterocycles. The Hall–Kier alpha value is -1.32. The minimum Gasteiger partial charge on any atom is -0.366 e. The Morgan fingerprint density at radius 2 is 2.05 bits per heavy atom. The van der Waals surface area contributed by atoms with E-state index in [9.17, 15) is 0 Å². The van der Waals surface area contributed by atoms with Crippen LogP contribution in [0.15, 0.2) is 30.6 Å². The van der Waals surface area contributed by atoms with Crippen molar-refractivity contribution in [1.82, 2.24) is 9.97 Å². The van der Waals surface area contributed by atoms with E-state index >= 15 is 0 Å². The van der Waals surface area contributed by atoms with Crippen LogP contribution in [0.2, 0.25) is 10.2 Å². The summed E-state index contributed by atoms with van der Waals surface area (Å²) in [5, 5.41) is 4.54. The summed E-state index contributed by atoms with van der Waals surface area (Å²) in [7, 11) is 0. The molecule has 5 heteroatoms. The molecule has 2 rings (SSSR count). The van der Waals surface area contributed by atoms with Crippen LogP contribution in [0.1, 0.15) is 24.5 Å². The predicted octanol–water partition coefficient (Wildman–Crippen LogP) is 4.35. The highest BCUT2D eigenvalue weighted by Crippen LogP contribution is 2.22. The molecule has 19 heavy (non-hydrogen) atoms. The van der Waals surface area contributed by atoms with E-state index in [1.54, 1.807) is 0 Å². The summed E-state index contributed by atoms with van der Waals surface area (Å²) < 4.78 is 0. The fraction of sp³-hybridized carbons (Fsp3) is 0.286. The van der Waals surface area contributed by atoms with Gasteiger partial charge >= 0.3 is 0 Å². The van der Waals surface area contributed by atoms with Gasteiger partial charge in [0.15, 0.2) is 0 Å². The number of anilines is 1. The monoisotopic (exact) mass is 295 g/mol. The van der Waals surface area contributed by atoms with E-state index in [1.807, 2.05) is 24.3 Å². The van der Waals surface area contributed by atoms with E-state index in [1.165, 1.54) is 6.33 Å². The van der Waals surface area contributed by atoms with Gasteiger partial charge in [-0.1, -0.05) is 48.7 Å². The first-order valence-corrected chi connectivity index (χ1v) is 6.94. The van der Waals surface area contributed by atoms with E-state index < -0.39 is 0 Å². The smallest absolute Gasteiger partial charge is 0.137 e. The molecule has 0 aliphatic carbocycles. The van der Waals surface area contributed by atoms with E-state index in [4.69, 9.17) is 23.2 Å². The van der Waals surface area contributed by atoms with Gasteiger partial charge in [0.1, 0.15) is 17.3 Å². The van der Waals surface area contributed by atoms with Crippen molar-refractivity contribution >= 4 is 29.0 Å². The lowest BCUT2D eigenvalue weighted by molar-refractivity contribution is 0.897. The van der Waals surface area contributed by atoms with Crippen molar-refractivity contribution in [2.45, 2.75) is 26.3 Å². The zero-order valence-electron chi connectivity index (χ0n) is 10.7. The number of nitrogens with zero attached hydrogens (tertiary/aromatic N) is 2. The summed E-state index contributed by atoms with van der Waals surface area (Å²) in [6.07, 6.45) is 3.33. The van der Waals surface area contributed by atoms with Crippen LogP contribution in [-0.2, 0) is 13.0 Å². The molecule has 0 aliphatic heterocycles. The van der Waals surface area contributed by atoms with Crippen molar-refractivity contribution in [3.8, 4) is 0 Å². The molecule has 0 spiro atoms. The molecular formula is C14H15Cl2N3. The Morgan fingerprint density at radius 3 is 2.79 bits per heavy atom. The molecule has 0 saturated heterocycles. The Kier molecular flexibility index (Phi) is 5.00. The topological polar surface area (TPSA) is 37.8 Å². The average molecular weight is 296 g/mol. The second-order valence-corrected chi connectivity index (χ2v) is 5.02. The minimum atomic E-state index is 0.519. The molecule has 0 aliphatic rings. The number of hydrogen-bond acceptors (Lipinski definition) is 3. The molecular weight excluding hydrogens is 281 g/mol. The molecule has 1 aromatic carbocycles. The number of halogens is 2. The number of nitrogens with one attached hydrogen (secondary N) is 1. The van der Waals surface area contributed by atoms with E-state index in [2.05, 4.69) is 22.2 Å². The van der Waals surface area contributed by atoms with Crippen LogP contribution in [0.4, 0.5) is 5.82 Å². The standard InChI is InChI=1S/C14H15Cl2N3/c1-2-4-12-13(16)18-9-19-14(12)17-8-10-5-3-6-11(15)7-10/h3,5-7,9H,2,4,8H2,1H3,(H,17,18,19). The maximum atomic E-state index is 6.10. The lowest BCUT2D eigenvalue weighted by atomic mass is 10.1. The number of hydrogen-bond donors (Lipinski definition) is 1. The summed E-state index contributed by atoms with van der Waals surface area (Å²) in [4.78, 5) is 8.28. The van der Waals surface area contributed by atoms with Crippen molar-refractivity contribution in [3.05, 3.63) is 51.9 Å². The third kappa shape index (κ3) is 3.82. The Balaban J connectivity index is 2.13. The van der Waals surface area contributed by atoms with Crippen LogP contribution in [0, 0.1) is 0 Å². The number of benzene rings is 1. The third-order valence-electron chi connectivity index (χ3n) is 2.74. The Morgan fingerprint density at radius 1 is 1.21 bits per heavy atom. The minimum absolute atomic E-state index is 0.519. The van der Waals surface area contributed by atoms with Crippen molar-refractivity contribution < 1.29 is 0 Å². The van der Waals surface area contributed by atoms with E-state index in [0.717, 1.165) is 34.8 Å². The van der Waals surface area contributed by atoms with Gasteiger partial charge in [-0.05, 0) is 24.1 Å². The largest absolute Gasteiger partial charge is 0.366 e. The van der Waals surface area contributed by atoms with Crippen molar-refractivity contribution in [2.75, 3.05) is 5.32 Å². The highest BCUT2D eigenvalue weighted by atomic mass is 35.5. The molecule has 0 radical (unpaired) electrons. The SMILES string of the molecule is CCCc1c(Cl)ncnc1NCc1cccc(Cl)c1. The summed E-state index contributed by atoms with van der Waals surface area (Å²) >= 11 is 12.1. The molecule has 0 unspecified atom stereocenters. The fourth-order valence-electron chi connectivity index (χ4n) is 1.85. The Labute approximate surface area is 123 Å². The molecule has 100 valence electrons. The summed E-state index contributed by atoms with van der Waals surface area (Å²) in [5.41, 5.74) is 2.07. The van der Waals surface area contributed by atoms with Crippen LogP contribution in [0.5, 0.6) is 0 Å². The van der Waals surface area contributed by atoms with Gasteiger partial charge < -0.3 is 5.32 Å². The molecule has 1 aromatic heterocycles. The van der Waals surface area contributed by atoms with Gasteiger partial charge in [0.25, 0.3) is 0 Å². The molecule has 0 bridgehead atoms. The normalized spacial score (nSPS) is 10.5. The Bertz CT molecular complexity index is 558. The second-order valence-electron chi connectivity index (χ2n) is 4.23. The van der Waals surface area contributed by atoms with Gasteiger partial charge in [-0.15, -0.1) is 0 Å². The van der Waals surface area contributed by atoms with Gasteiger partial charge in [0.2, 0.25) is 0 Å². The van der Waals surface area contributed by atoms with Crippen LogP contribution in [-0.4, -0.2) is 9.97 Å². The van der Waals surface area contributed by atoms with Gasteiger partial charge in [-0.2, -0.15) is 0 Å². The van der Waals surface area contributed by atoms with Crippen molar-refractivity contribution in [1.29, 1.82) is 0 Å². The summed E-state index contributed by atoms with van der Waals surface area (Å²) in [5.74, 6) is 0.793. The van der Waals surface area contributed by atoms with E-state index in [-0.39, 0.29) is 0 Å². The quantitative estimate of drug-likeness (QED) is 0.834. The van der Waals surface area contributed by atoms with Crippen LogP contribution in [0.3, 0.4) is 0 Å². The highest BCUT2D eigenvalue weighted by Gasteiger charge is 2.08. The van der Waals surface area contributed by atoms with Gasteiger partial charge in [-0.25, -0.2) is 9.97 Å². The van der Waals surface area contributed by atoms with Gasteiger partial charge in [0, 0.05) is 17.1 Å². The van der Waals surface area contributed by atoms with Gasteiger partial charge in [0.05, 0.1) is 0 Å². The third-order valence-corrected chi connectivity index (χ3v) is 3.30. The zero-order valence-corrected chi connectivity index (χ0v) is 12.2. The van der Waals surface area contributed by atoms with Gasteiger partial charge in [-0.3, -0.25) is 0 Å². The van der Waals surface area contributed by atoms with Crippen LogP contribution < -0.4 is 5.32 Å². The first-order valence-electron chi connectivity index (χ1n) is 6.18. The first kappa shape index (κ1) is 14.1. The first-order chi connectivity index (χ1) is 9.20. The summed E-state index contributed by atoms with van der Waals surface area (Å²) in [6.45, 7) is 2.76. The number of aromatic nitrogens is 2. The molecule has 0 amide bonds. The molecule has 0 fully saturated rings.